The summed E-state index contributed by atoms with van der Waals surface area (Å²) < 4.78 is 0. The second kappa shape index (κ2) is 3.84. The number of rotatable bonds is 3. The molecule has 1 N–H and O–H groups in total. The number of aliphatic hydroxyl groups excluding tert-OH is 1. The van der Waals surface area contributed by atoms with Gasteiger partial charge in [0.05, 0.1) is 0 Å². The summed E-state index contributed by atoms with van der Waals surface area (Å²) in [4.78, 5) is 0. The third-order valence-electron chi connectivity index (χ3n) is 4.75. The number of aliphatic hydroxyl groups is 1. The van der Waals surface area contributed by atoms with Crippen molar-refractivity contribution in [3.8, 4) is 0 Å². The van der Waals surface area contributed by atoms with Crippen LogP contribution >= 0.6 is 0 Å². The van der Waals surface area contributed by atoms with Gasteiger partial charge in [-0.1, -0.05) is 31.5 Å². The molecular formula is C16H24O. The van der Waals surface area contributed by atoms with Crippen LogP contribution in [0, 0.1) is 31.6 Å². The first-order chi connectivity index (χ1) is 7.81. The maximum absolute atomic E-state index is 9.69. The zero-order valence-electron chi connectivity index (χ0n) is 11.7. The SMILES string of the molecule is Cc1cc(C)c(CC2(CO)CC2(C)C)c(C)c1. The lowest BCUT2D eigenvalue weighted by atomic mass is 9.85. The van der Waals surface area contributed by atoms with E-state index in [0.717, 1.165) is 12.8 Å². The molecule has 1 aliphatic rings. The quantitative estimate of drug-likeness (QED) is 0.844. The van der Waals surface area contributed by atoms with E-state index in [1.54, 1.807) is 0 Å². The second-order valence-electron chi connectivity index (χ2n) is 6.55. The topological polar surface area (TPSA) is 20.2 Å². The maximum Gasteiger partial charge on any atom is 0.0495 e. The molecular weight excluding hydrogens is 208 g/mol. The molecule has 0 radical (unpaired) electrons. The molecule has 1 aromatic carbocycles. The first-order valence-corrected chi connectivity index (χ1v) is 6.49. The molecule has 1 atom stereocenters. The van der Waals surface area contributed by atoms with E-state index in [2.05, 4.69) is 46.8 Å². The summed E-state index contributed by atoms with van der Waals surface area (Å²) >= 11 is 0. The van der Waals surface area contributed by atoms with Crippen molar-refractivity contribution in [3.63, 3.8) is 0 Å². The van der Waals surface area contributed by atoms with Crippen LogP contribution in [0.1, 0.15) is 42.5 Å². The van der Waals surface area contributed by atoms with Gasteiger partial charge in [-0.3, -0.25) is 0 Å². The molecule has 94 valence electrons. The van der Waals surface area contributed by atoms with Crippen LogP contribution in [-0.4, -0.2) is 11.7 Å². The van der Waals surface area contributed by atoms with Crippen molar-refractivity contribution in [1.82, 2.24) is 0 Å². The highest BCUT2D eigenvalue weighted by Gasteiger charge is 2.60. The molecule has 0 aromatic heterocycles. The number of hydrogen-bond donors (Lipinski definition) is 1. The average Bonchev–Trinajstić information content (AvgIpc) is 2.75. The van der Waals surface area contributed by atoms with E-state index in [0.29, 0.717) is 12.0 Å². The Balaban J connectivity index is 2.32. The Morgan fingerprint density at radius 3 is 1.94 bits per heavy atom. The zero-order valence-corrected chi connectivity index (χ0v) is 11.7. The minimum absolute atomic E-state index is 0.123. The Kier molecular flexibility index (Phi) is 2.86. The molecule has 0 bridgehead atoms. The van der Waals surface area contributed by atoms with E-state index in [9.17, 15) is 5.11 Å². The predicted molar refractivity (Wildman–Crippen MR) is 72.3 cm³/mol. The van der Waals surface area contributed by atoms with Crippen molar-refractivity contribution in [2.24, 2.45) is 10.8 Å². The molecule has 1 nitrogen and oxygen atoms in total. The van der Waals surface area contributed by atoms with E-state index in [1.165, 1.54) is 22.3 Å². The summed E-state index contributed by atoms with van der Waals surface area (Å²) in [5, 5.41) is 9.69. The van der Waals surface area contributed by atoms with Crippen molar-refractivity contribution >= 4 is 0 Å². The zero-order chi connectivity index (χ0) is 12.8. The Hall–Kier alpha value is -0.820. The van der Waals surface area contributed by atoms with Crippen LogP contribution in [0.15, 0.2) is 12.1 Å². The van der Waals surface area contributed by atoms with Crippen LogP contribution < -0.4 is 0 Å². The largest absolute Gasteiger partial charge is 0.396 e. The van der Waals surface area contributed by atoms with Crippen molar-refractivity contribution < 1.29 is 5.11 Å². The third-order valence-corrected chi connectivity index (χ3v) is 4.75. The van der Waals surface area contributed by atoms with Gasteiger partial charge >= 0.3 is 0 Å². The molecule has 1 aliphatic carbocycles. The lowest BCUT2D eigenvalue weighted by Gasteiger charge is -2.21. The molecule has 0 saturated heterocycles. The molecule has 17 heavy (non-hydrogen) atoms. The third kappa shape index (κ3) is 2.01. The molecule has 0 amide bonds. The van der Waals surface area contributed by atoms with Crippen molar-refractivity contribution in [2.75, 3.05) is 6.61 Å². The first-order valence-electron chi connectivity index (χ1n) is 6.49. The molecule has 1 unspecified atom stereocenters. The van der Waals surface area contributed by atoms with Crippen molar-refractivity contribution in [1.29, 1.82) is 0 Å². The van der Waals surface area contributed by atoms with E-state index in [-0.39, 0.29) is 5.41 Å². The van der Waals surface area contributed by atoms with Gasteiger partial charge in [-0.15, -0.1) is 0 Å². The van der Waals surface area contributed by atoms with Crippen LogP contribution in [0.4, 0.5) is 0 Å². The van der Waals surface area contributed by atoms with Crippen molar-refractivity contribution in [2.45, 2.75) is 47.5 Å². The smallest absolute Gasteiger partial charge is 0.0495 e. The first kappa shape index (κ1) is 12.6. The van der Waals surface area contributed by atoms with Crippen LogP contribution in [0.3, 0.4) is 0 Å². The summed E-state index contributed by atoms with van der Waals surface area (Å²) in [6, 6.07) is 4.51. The highest BCUT2D eigenvalue weighted by Crippen LogP contribution is 2.64. The molecule has 1 fully saturated rings. The lowest BCUT2D eigenvalue weighted by Crippen LogP contribution is -2.18. The standard InChI is InChI=1S/C16H24O/c1-11-6-12(2)14(13(3)7-11)8-16(10-17)9-15(16,4)5/h6-7,17H,8-10H2,1-5H3. The van der Waals surface area contributed by atoms with Crippen LogP contribution in [-0.2, 0) is 6.42 Å². The average molecular weight is 232 g/mol. The Labute approximate surface area is 105 Å². The monoisotopic (exact) mass is 232 g/mol. The predicted octanol–water partition coefficient (Wildman–Crippen LogP) is 3.56. The number of hydrogen-bond acceptors (Lipinski definition) is 1. The highest BCUT2D eigenvalue weighted by atomic mass is 16.3. The minimum Gasteiger partial charge on any atom is -0.396 e. The van der Waals surface area contributed by atoms with Gasteiger partial charge < -0.3 is 5.11 Å². The molecule has 0 heterocycles. The normalized spacial score (nSPS) is 26.0. The van der Waals surface area contributed by atoms with Gasteiger partial charge in [0, 0.05) is 12.0 Å². The van der Waals surface area contributed by atoms with Gasteiger partial charge in [-0.05, 0) is 55.7 Å². The van der Waals surface area contributed by atoms with Gasteiger partial charge in [-0.25, -0.2) is 0 Å². The summed E-state index contributed by atoms with van der Waals surface area (Å²) in [5.41, 5.74) is 5.94. The Morgan fingerprint density at radius 1 is 1.12 bits per heavy atom. The van der Waals surface area contributed by atoms with Gasteiger partial charge in [0.2, 0.25) is 0 Å². The van der Waals surface area contributed by atoms with Gasteiger partial charge in [0.15, 0.2) is 0 Å². The summed E-state index contributed by atoms with van der Waals surface area (Å²) in [5.74, 6) is 0. The van der Waals surface area contributed by atoms with Crippen LogP contribution in [0.5, 0.6) is 0 Å². The summed E-state index contributed by atoms with van der Waals surface area (Å²) in [6.45, 7) is 11.4. The summed E-state index contributed by atoms with van der Waals surface area (Å²) in [6.07, 6.45) is 2.16. The molecule has 2 rings (SSSR count). The van der Waals surface area contributed by atoms with Crippen LogP contribution in [0.25, 0.3) is 0 Å². The van der Waals surface area contributed by atoms with Gasteiger partial charge in [0.1, 0.15) is 0 Å². The lowest BCUT2D eigenvalue weighted by molar-refractivity contribution is 0.179. The van der Waals surface area contributed by atoms with E-state index in [1.807, 2.05) is 0 Å². The minimum atomic E-state index is 0.123. The maximum atomic E-state index is 9.69. The summed E-state index contributed by atoms with van der Waals surface area (Å²) in [7, 11) is 0. The van der Waals surface area contributed by atoms with Gasteiger partial charge in [0.25, 0.3) is 0 Å². The van der Waals surface area contributed by atoms with E-state index in [4.69, 9.17) is 0 Å². The number of benzene rings is 1. The fourth-order valence-electron chi connectivity index (χ4n) is 3.26. The molecule has 1 aromatic rings. The van der Waals surface area contributed by atoms with Crippen LogP contribution in [0.2, 0.25) is 0 Å². The van der Waals surface area contributed by atoms with E-state index >= 15 is 0 Å². The molecule has 1 heteroatoms. The fourth-order valence-corrected chi connectivity index (χ4v) is 3.26. The Bertz CT molecular complexity index is 422. The fraction of sp³-hybridized carbons (Fsp3) is 0.625. The highest BCUT2D eigenvalue weighted by molar-refractivity contribution is 5.39. The van der Waals surface area contributed by atoms with Gasteiger partial charge in [-0.2, -0.15) is 0 Å². The molecule has 1 saturated carbocycles. The van der Waals surface area contributed by atoms with Crippen molar-refractivity contribution in [3.05, 3.63) is 34.4 Å². The molecule has 0 aliphatic heterocycles. The number of aryl methyl sites for hydroxylation is 3. The second-order valence-corrected chi connectivity index (χ2v) is 6.55. The van der Waals surface area contributed by atoms with E-state index < -0.39 is 0 Å². The Morgan fingerprint density at radius 2 is 1.59 bits per heavy atom. The molecule has 0 spiro atoms.